The van der Waals surface area contributed by atoms with Crippen LogP contribution in [0.3, 0.4) is 0 Å². The summed E-state index contributed by atoms with van der Waals surface area (Å²) in [4.78, 5) is 10.6. The van der Waals surface area contributed by atoms with Crippen molar-refractivity contribution in [3.05, 3.63) is 11.6 Å². The fraction of sp³-hybridized carbons (Fsp3) is 0.667. The van der Waals surface area contributed by atoms with Crippen molar-refractivity contribution >= 4 is 5.97 Å². The Morgan fingerprint density at radius 3 is 2.92 bits per heavy atom. The molecular formula is C9H14O3. The van der Waals surface area contributed by atoms with Crippen molar-refractivity contribution in [3.63, 3.8) is 0 Å². The van der Waals surface area contributed by atoms with Gasteiger partial charge in [-0.1, -0.05) is 12.5 Å². The summed E-state index contributed by atoms with van der Waals surface area (Å²) in [6, 6.07) is 0. The van der Waals surface area contributed by atoms with E-state index in [1.165, 1.54) is 0 Å². The van der Waals surface area contributed by atoms with Gasteiger partial charge in [-0.2, -0.15) is 0 Å². The summed E-state index contributed by atoms with van der Waals surface area (Å²) in [6.45, 7) is 0. The molecule has 0 saturated heterocycles. The molecule has 0 aliphatic heterocycles. The Morgan fingerprint density at radius 2 is 2.25 bits per heavy atom. The molecule has 0 bridgehead atoms. The maximum absolute atomic E-state index is 10.6. The predicted molar refractivity (Wildman–Crippen MR) is 44.8 cm³/mol. The van der Waals surface area contributed by atoms with Crippen LogP contribution in [0.2, 0.25) is 0 Å². The first-order chi connectivity index (χ1) is 5.70. The Labute approximate surface area is 71.7 Å². The molecule has 1 aliphatic carbocycles. The van der Waals surface area contributed by atoms with E-state index in [1.807, 2.05) is 0 Å². The van der Waals surface area contributed by atoms with Crippen molar-refractivity contribution in [2.75, 3.05) is 0 Å². The number of carboxylic acid groups (broad SMARTS) is 1. The van der Waals surface area contributed by atoms with Crippen LogP contribution in [0.25, 0.3) is 0 Å². The summed E-state index contributed by atoms with van der Waals surface area (Å²) in [7, 11) is 0. The van der Waals surface area contributed by atoms with E-state index >= 15 is 0 Å². The largest absolute Gasteiger partial charge is 0.478 e. The van der Waals surface area contributed by atoms with Gasteiger partial charge >= 0.3 is 5.97 Å². The molecule has 0 saturated carbocycles. The number of aliphatic carboxylic acids is 1. The van der Waals surface area contributed by atoms with Gasteiger partial charge in [0, 0.05) is 5.57 Å². The van der Waals surface area contributed by atoms with E-state index in [0.717, 1.165) is 19.3 Å². The lowest BCUT2D eigenvalue weighted by molar-refractivity contribution is -0.132. The van der Waals surface area contributed by atoms with Gasteiger partial charge in [0.25, 0.3) is 0 Å². The van der Waals surface area contributed by atoms with E-state index < -0.39 is 5.97 Å². The number of carboxylic acids is 1. The number of hydrogen-bond donors (Lipinski definition) is 2. The third-order valence-electron chi connectivity index (χ3n) is 2.14. The molecule has 0 fully saturated rings. The lowest BCUT2D eigenvalue weighted by atomic mass is 9.98. The summed E-state index contributed by atoms with van der Waals surface area (Å²) in [5.41, 5.74) is 0.453. The van der Waals surface area contributed by atoms with Gasteiger partial charge in [0.05, 0.1) is 6.10 Å². The topological polar surface area (TPSA) is 57.5 Å². The average Bonchev–Trinajstić information content (AvgIpc) is 1.97. The van der Waals surface area contributed by atoms with Crippen LogP contribution in [-0.2, 0) is 4.79 Å². The van der Waals surface area contributed by atoms with Gasteiger partial charge in [0.1, 0.15) is 0 Å². The highest BCUT2D eigenvalue weighted by Gasteiger charge is 2.12. The molecule has 1 unspecified atom stereocenters. The fourth-order valence-corrected chi connectivity index (χ4v) is 1.39. The monoisotopic (exact) mass is 170 g/mol. The second-order valence-corrected chi connectivity index (χ2v) is 3.17. The lowest BCUT2D eigenvalue weighted by Crippen LogP contribution is -2.10. The molecule has 0 amide bonds. The van der Waals surface area contributed by atoms with Crippen LogP contribution in [0.1, 0.15) is 32.1 Å². The van der Waals surface area contributed by atoms with Crippen LogP contribution < -0.4 is 0 Å². The normalized spacial score (nSPS) is 25.4. The summed E-state index contributed by atoms with van der Waals surface area (Å²) < 4.78 is 0. The minimum atomic E-state index is -0.843. The van der Waals surface area contributed by atoms with Crippen LogP contribution in [-0.4, -0.2) is 22.3 Å². The van der Waals surface area contributed by atoms with Crippen molar-refractivity contribution in [3.8, 4) is 0 Å². The molecule has 1 aliphatic rings. The zero-order valence-corrected chi connectivity index (χ0v) is 6.99. The Hall–Kier alpha value is -0.830. The van der Waals surface area contributed by atoms with Crippen LogP contribution in [0.15, 0.2) is 11.6 Å². The number of aliphatic hydroxyl groups is 1. The van der Waals surface area contributed by atoms with E-state index in [2.05, 4.69) is 0 Å². The van der Waals surface area contributed by atoms with Gasteiger partial charge in [-0.05, 0) is 25.7 Å². The van der Waals surface area contributed by atoms with Gasteiger partial charge in [-0.25, -0.2) is 4.79 Å². The van der Waals surface area contributed by atoms with E-state index in [4.69, 9.17) is 5.11 Å². The molecule has 1 atom stereocenters. The second-order valence-electron chi connectivity index (χ2n) is 3.17. The molecule has 3 heteroatoms. The van der Waals surface area contributed by atoms with E-state index in [1.54, 1.807) is 6.08 Å². The molecule has 0 spiro atoms. The molecule has 0 aromatic rings. The van der Waals surface area contributed by atoms with Crippen molar-refractivity contribution in [1.82, 2.24) is 0 Å². The van der Waals surface area contributed by atoms with Crippen molar-refractivity contribution in [2.45, 2.75) is 38.2 Å². The number of aliphatic hydroxyl groups excluding tert-OH is 1. The Bertz CT molecular complexity index is 196. The molecule has 0 aromatic heterocycles. The third kappa shape index (κ3) is 2.66. The highest BCUT2D eigenvalue weighted by molar-refractivity contribution is 5.86. The van der Waals surface area contributed by atoms with E-state index in [-0.39, 0.29) is 6.10 Å². The molecule has 2 N–H and O–H groups in total. The quantitative estimate of drug-likeness (QED) is 0.624. The van der Waals surface area contributed by atoms with Crippen molar-refractivity contribution < 1.29 is 15.0 Å². The number of carbonyl (C=O) groups is 1. The SMILES string of the molecule is O=C(O)C1=CCC(O)CCCC1. The fourth-order valence-electron chi connectivity index (χ4n) is 1.39. The molecule has 68 valence electrons. The maximum atomic E-state index is 10.6. The Morgan fingerprint density at radius 1 is 1.50 bits per heavy atom. The van der Waals surface area contributed by atoms with E-state index in [9.17, 15) is 9.90 Å². The molecule has 0 heterocycles. The first-order valence-electron chi connectivity index (χ1n) is 4.30. The highest BCUT2D eigenvalue weighted by Crippen LogP contribution is 2.17. The van der Waals surface area contributed by atoms with Crippen LogP contribution in [0, 0.1) is 0 Å². The Kier molecular flexibility index (Phi) is 3.29. The smallest absolute Gasteiger partial charge is 0.331 e. The molecule has 1 rings (SSSR count). The minimum absolute atomic E-state index is 0.348. The predicted octanol–water partition coefficient (Wildman–Crippen LogP) is 1.32. The van der Waals surface area contributed by atoms with Gasteiger partial charge in [-0.3, -0.25) is 0 Å². The second kappa shape index (κ2) is 4.26. The molecule has 3 nitrogen and oxygen atoms in total. The minimum Gasteiger partial charge on any atom is -0.478 e. The van der Waals surface area contributed by atoms with Crippen molar-refractivity contribution in [2.24, 2.45) is 0 Å². The highest BCUT2D eigenvalue weighted by atomic mass is 16.4. The molecule has 12 heavy (non-hydrogen) atoms. The maximum Gasteiger partial charge on any atom is 0.331 e. The molecular weight excluding hydrogens is 156 g/mol. The summed E-state index contributed by atoms with van der Waals surface area (Å²) in [6.07, 6.45) is 5.01. The third-order valence-corrected chi connectivity index (χ3v) is 2.14. The standard InChI is InChI=1S/C9H14O3/c10-8-4-2-1-3-7(5-6-8)9(11)12/h5,8,10H,1-4,6H2,(H,11,12). The number of hydrogen-bond acceptors (Lipinski definition) is 2. The summed E-state index contributed by atoms with van der Waals surface area (Å²) in [5, 5.41) is 18.0. The first-order valence-corrected chi connectivity index (χ1v) is 4.30. The Balaban J connectivity index is 2.59. The van der Waals surface area contributed by atoms with Crippen LogP contribution in [0.4, 0.5) is 0 Å². The van der Waals surface area contributed by atoms with Gasteiger partial charge in [-0.15, -0.1) is 0 Å². The van der Waals surface area contributed by atoms with Gasteiger partial charge < -0.3 is 10.2 Å². The summed E-state index contributed by atoms with van der Waals surface area (Å²) in [5.74, 6) is -0.843. The zero-order valence-electron chi connectivity index (χ0n) is 6.99. The van der Waals surface area contributed by atoms with Gasteiger partial charge in [0.15, 0.2) is 0 Å². The van der Waals surface area contributed by atoms with Gasteiger partial charge in [0.2, 0.25) is 0 Å². The van der Waals surface area contributed by atoms with Crippen LogP contribution in [0.5, 0.6) is 0 Å². The van der Waals surface area contributed by atoms with E-state index in [0.29, 0.717) is 18.4 Å². The number of rotatable bonds is 1. The molecule has 0 aromatic carbocycles. The first kappa shape index (κ1) is 9.26. The molecule has 0 radical (unpaired) electrons. The average molecular weight is 170 g/mol. The van der Waals surface area contributed by atoms with Crippen molar-refractivity contribution in [1.29, 1.82) is 0 Å². The lowest BCUT2D eigenvalue weighted by Gasteiger charge is -2.12. The summed E-state index contributed by atoms with van der Waals surface area (Å²) >= 11 is 0. The zero-order chi connectivity index (χ0) is 8.97. The van der Waals surface area contributed by atoms with Crippen LogP contribution >= 0.6 is 0 Å².